The first kappa shape index (κ1) is 11.3. The number of nitrogens with zero attached hydrogens (tertiary/aromatic N) is 1. The van der Waals surface area contributed by atoms with E-state index in [2.05, 4.69) is 4.98 Å². The van der Waals surface area contributed by atoms with E-state index in [1.165, 1.54) is 29.3 Å². The topological polar surface area (TPSA) is 30.0 Å². The van der Waals surface area contributed by atoms with Gasteiger partial charge in [0.05, 0.1) is 4.88 Å². The molecule has 14 heavy (non-hydrogen) atoms. The van der Waals surface area contributed by atoms with Crippen LogP contribution in [0, 0.1) is 0 Å². The summed E-state index contributed by atoms with van der Waals surface area (Å²) in [6, 6.07) is 0. The molecule has 1 rings (SSSR count). The third-order valence-corrected chi connectivity index (χ3v) is 3.37. The average Bonchev–Trinajstić information content (AvgIpc) is 2.60. The Morgan fingerprint density at radius 3 is 3.00 bits per heavy atom. The SMILES string of the molecule is O=Cc1cnc(SCCC=C(F)F)s1. The average molecular weight is 235 g/mol. The summed E-state index contributed by atoms with van der Waals surface area (Å²) in [4.78, 5) is 14.8. The molecule has 1 aromatic heterocycles. The molecule has 2 nitrogen and oxygen atoms in total. The van der Waals surface area contributed by atoms with Crippen molar-refractivity contribution < 1.29 is 13.6 Å². The molecule has 0 aliphatic carbocycles. The lowest BCUT2D eigenvalue weighted by atomic mass is 10.5. The predicted octanol–water partition coefficient (Wildman–Crippen LogP) is 3.22. The molecule has 0 fully saturated rings. The summed E-state index contributed by atoms with van der Waals surface area (Å²) in [5.41, 5.74) is 0. The molecule has 0 bridgehead atoms. The van der Waals surface area contributed by atoms with Crippen molar-refractivity contribution in [2.24, 2.45) is 0 Å². The van der Waals surface area contributed by atoms with Crippen LogP contribution in [0.1, 0.15) is 16.1 Å². The van der Waals surface area contributed by atoms with Crippen LogP contribution < -0.4 is 0 Å². The smallest absolute Gasteiger partial charge is 0.266 e. The minimum Gasteiger partial charge on any atom is -0.297 e. The maximum Gasteiger partial charge on any atom is 0.266 e. The van der Waals surface area contributed by atoms with Crippen molar-refractivity contribution in [3.05, 3.63) is 23.2 Å². The molecule has 0 aromatic carbocycles. The van der Waals surface area contributed by atoms with Gasteiger partial charge in [-0.3, -0.25) is 4.79 Å². The molecule has 0 radical (unpaired) electrons. The number of allylic oxidation sites excluding steroid dienone is 1. The fourth-order valence-electron chi connectivity index (χ4n) is 0.705. The Labute approximate surface area is 88.0 Å². The summed E-state index contributed by atoms with van der Waals surface area (Å²) in [7, 11) is 0. The van der Waals surface area contributed by atoms with E-state index in [-0.39, 0.29) is 0 Å². The largest absolute Gasteiger partial charge is 0.297 e. The van der Waals surface area contributed by atoms with Gasteiger partial charge in [-0.2, -0.15) is 8.78 Å². The maximum atomic E-state index is 11.6. The van der Waals surface area contributed by atoms with E-state index in [1.54, 1.807) is 0 Å². The zero-order valence-electron chi connectivity index (χ0n) is 7.07. The predicted molar refractivity (Wildman–Crippen MR) is 53.1 cm³/mol. The molecular weight excluding hydrogens is 228 g/mol. The molecule has 0 amide bonds. The highest BCUT2D eigenvalue weighted by molar-refractivity contribution is 8.01. The van der Waals surface area contributed by atoms with Crippen molar-refractivity contribution in [1.82, 2.24) is 4.98 Å². The Hall–Kier alpha value is -0.750. The summed E-state index contributed by atoms with van der Waals surface area (Å²) < 4.78 is 24.0. The monoisotopic (exact) mass is 235 g/mol. The number of hydrogen-bond acceptors (Lipinski definition) is 4. The number of halogens is 2. The highest BCUT2D eigenvalue weighted by atomic mass is 32.2. The van der Waals surface area contributed by atoms with Crippen LogP contribution in [0.4, 0.5) is 8.78 Å². The van der Waals surface area contributed by atoms with Gasteiger partial charge >= 0.3 is 0 Å². The number of thiazole rings is 1. The van der Waals surface area contributed by atoms with Crippen LogP contribution in [-0.2, 0) is 0 Å². The molecule has 1 aromatic rings. The molecule has 1 heterocycles. The fraction of sp³-hybridized carbons (Fsp3) is 0.250. The van der Waals surface area contributed by atoms with Crippen molar-refractivity contribution in [2.75, 3.05) is 5.75 Å². The fourth-order valence-corrected chi connectivity index (χ4v) is 2.48. The molecule has 0 saturated heterocycles. The lowest BCUT2D eigenvalue weighted by Crippen LogP contribution is -1.75. The van der Waals surface area contributed by atoms with E-state index in [9.17, 15) is 13.6 Å². The van der Waals surface area contributed by atoms with Gasteiger partial charge in [0.25, 0.3) is 6.08 Å². The van der Waals surface area contributed by atoms with Crippen LogP contribution in [0.5, 0.6) is 0 Å². The van der Waals surface area contributed by atoms with Gasteiger partial charge in [-0.1, -0.05) is 11.8 Å². The third-order valence-electron chi connectivity index (χ3n) is 1.26. The molecule has 76 valence electrons. The van der Waals surface area contributed by atoms with Crippen molar-refractivity contribution in [3.8, 4) is 0 Å². The van der Waals surface area contributed by atoms with Crippen LogP contribution in [0.2, 0.25) is 0 Å². The van der Waals surface area contributed by atoms with Crippen LogP contribution >= 0.6 is 23.1 Å². The molecule has 0 atom stereocenters. The maximum absolute atomic E-state index is 11.6. The Balaban J connectivity index is 2.31. The normalized spacial score (nSPS) is 9.86. The molecule has 0 aliphatic heterocycles. The molecule has 6 heteroatoms. The zero-order chi connectivity index (χ0) is 10.4. The zero-order valence-corrected chi connectivity index (χ0v) is 8.71. The third kappa shape index (κ3) is 3.97. The second-order valence-electron chi connectivity index (χ2n) is 2.28. The number of carbonyl (C=O) groups excluding carboxylic acids is 1. The summed E-state index contributed by atoms with van der Waals surface area (Å²) in [6.07, 6.45) is 1.73. The first-order chi connectivity index (χ1) is 6.72. The van der Waals surface area contributed by atoms with Gasteiger partial charge in [-0.25, -0.2) is 4.98 Å². The van der Waals surface area contributed by atoms with Gasteiger partial charge in [-0.15, -0.1) is 11.3 Å². The Morgan fingerprint density at radius 2 is 2.43 bits per heavy atom. The Morgan fingerprint density at radius 1 is 1.64 bits per heavy atom. The number of hydrogen-bond donors (Lipinski definition) is 0. The van der Waals surface area contributed by atoms with Crippen molar-refractivity contribution in [1.29, 1.82) is 0 Å². The molecule has 0 aliphatic rings. The summed E-state index contributed by atoms with van der Waals surface area (Å²) >= 11 is 2.64. The van der Waals surface area contributed by atoms with Crippen LogP contribution in [-0.4, -0.2) is 17.0 Å². The van der Waals surface area contributed by atoms with E-state index in [0.717, 1.165) is 16.7 Å². The Kier molecular flexibility index (Phi) is 4.75. The molecular formula is C8H7F2NOS2. The van der Waals surface area contributed by atoms with Crippen LogP contribution in [0.15, 0.2) is 22.7 Å². The van der Waals surface area contributed by atoms with Gasteiger partial charge in [0.1, 0.15) is 4.34 Å². The van der Waals surface area contributed by atoms with E-state index in [4.69, 9.17) is 0 Å². The molecule has 0 saturated carbocycles. The Bertz CT molecular complexity index is 334. The van der Waals surface area contributed by atoms with Gasteiger partial charge in [0, 0.05) is 11.9 Å². The lowest BCUT2D eigenvalue weighted by Gasteiger charge is -1.91. The van der Waals surface area contributed by atoms with Crippen LogP contribution in [0.25, 0.3) is 0 Å². The number of thioether (sulfide) groups is 1. The second kappa shape index (κ2) is 5.87. The first-order valence-electron chi connectivity index (χ1n) is 3.77. The molecule has 0 spiro atoms. The minimum atomic E-state index is -1.65. The van der Waals surface area contributed by atoms with Gasteiger partial charge in [0.15, 0.2) is 6.29 Å². The number of carbonyl (C=O) groups is 1. The molecule has 0 unspecified atom stereocenters. The van der Waals surface area contributed by atoms with E-state index >= 15 is 0 Å². The van der Waals surface area contributed by atoms with E-state index in [0.29, 0.717) is 17.1 Å². The number of aldehydes is 1. The minimum absolute atomic E-state index is 0.309. The number of rotatable bonds is 5. The summed E-state index contributed by atoms with van der Waals surface area (Å²) in [5, 5.41) is 0. The highest BCUT2D eigenvalue weighted by Gasteiger charge is 2.00. The highest BCUT2D eigenvalue weighted by Crippen LogP contribution is 2.23. The molecule has 0 N–H and O–H groups in total. The summed E-state index contributed by atoms with van der Waals surface area (Å²) in [6.45, 7) is 0. The van der Waals surface area contributed by atoms with Gasteiger partial charge in [-0.05, 0) is 12.5 Å². The van der Waals surface area contributed by atoms with Crippen molar-refractivity contribution in [3.63, 3.8) is 0 Å². The standard InChI is InChI=1S/C8H7F2NOS2/c9-7(10)2-1-3-13-8-11-4-6(5-12)14-8/h2,4-5H,1,3H2. The summed E-state index contributed by atoms with van der Waals surface area (Å²) in [5.74, 6) is 0.545. The second-order valence-corrected chi connectivity index (χ2v) is 4.68. The lowest BCUT2D eigenvalue weighted by molar-refractivity contribution is 0.112. The van der Waals surface area contributed by atoms with E-state index in [1.807, 2.05) is 0 Å². The van der Waals surface area contributed by atoms with Crippen molar-refractivity contribution in [2.45, 2.75) is 10.8 Å². The van der Waals surface area contributed by atoms with Gasteiger partial charge in [0.2, 0.25) is 0 Å². The van der Waals surface area contributed by atoms with Crippen molar-refractivity contribution >= 4 is 29.4 Å². The quantitative estimate of drug-likeness (QED) is 0.446. The van der Waals surface area contributed by atoms with Crippen LogP contribution in [0.3, 0.4) is 0 Å². The first-order valence-corrected chi connectivity index (χ1v) is 5.57. The van der Waals surface area contributed by atoms with E-state index < -0.39 is 6.08 Å². The van der Waals surface area contributed by atoms with Gasteiger partial charge < -0.3 is 0 Å². The number of aromatic nitrogens is 1.